The number of hydrogen-bond acceptors (Lipinski definition) is 4. The van der Waals surface area contributed by atoms with Crippen LogP contribution in [0.5, 0.6) is 5.75 Å². The summed E-state index contributed by atoms with van der Waals surface area (Å²) in [6.45, 7) is -1.38. The molecule has 0 aliphatic rings. The molecule has 0 unspecified atom stereocenters. The number of carbonyl (C=O) groups is 1. The molecule has 0 bridgehead atoms. The molecule has 130 valence electrons. The number of rotatable bonds is 4. The van der Waals surface area contributed by atoms with Gasteiger partial charge in [-0.1, -0.05) is 12.1 Å². The highest BCUT2D eigenvalue weighted by molar-refractivity contribution is 5.90. The van der Waals surface area contributed by atoms with Gasteiger partial charge in [-0.25, -0.2) is 9.78 Å². The highest BCUT2D eigenvalue weighted by Gasteiger charge is 2.29. The molecule has 0 amide bonds. The van der Waals surface area contributed by atoms with Crippen molar-refractivity contribution < 1.29 is 27.4 Å². The largest absolute Gasteiger partial charge is 0.483 e. The topological polar surface area (TPSA) is 52.8 Å². The van der Waals surface area contributed by atoms with Crippen molar-refractivity contribution in [2.24, 2.45) is 0 Å². The molecule has 1 aromatic carbocycles. The van der Waals surface area contributed by atoms with Gasteiger partial charge in [0, 0.05) is 11.8 Å². The van der Waals surface area contributed by atoms with Crippen molar-refractivity contribution >= 4 is 11.6 Å². The van der Waals surface area contributed by atoms with E-state index in [1.807, 2.05) is 0 Å². The van der Waals surface area contributed by atoms with Gasteiger partial charge in [-0.2, -0.15) is 13.2 Å². The van der Waals surface area contributed by atoms with Gasteiger partial charge < -0.3 is 9.47 Å². The number of fused-ring (bicyclic) bond motifs is 1. The molecular formula is C17H13F3N2O3. The second-order valence-electron chi connectivity index (χ2n) is 5.18. The fourth-order valence-corrected chi connectivity index (χ4v) is 2.39. The van der Waals surface area contributed by atoms with Gasteiger partial charge in [0.15, 0.2) is 6.61 Å². The zero-order valence-electron chi connectivity index (χ0n) is 13.1. The van der Waals surface area contributed by atoms with Gasteiger partial charge in [-0.3, -0.25) is 4.40 Å². The molecule has 0 aliphatic carbocycles. The van der Waals surface area contributed by atoms with Crippen molar-refractivity contribution in [2.45, 2.75) is 6.18 Å². The Morgan fingerprint density at radius 1 is 1.24 bits per heavy atom. The molecule has 0 aliphatic heterocycles. The first kappa shape index (κ1) is 16.8. The number of nitrogens with zero attached hydrogens (tertiary/aromatic N) is 2. The lowest BCUT2D eigenvalue weighted by molar-refractivity contribution is -0.153. The maximum Gasteiger partial charge on any atom is 0.422 e. The van der Waals surface area contributed by atoms with E-state index in [0.717, 1.165) is 0 Å². The number of benzene rings is 1. The lowest BCUT2D eigenvalue weighted by Crippen LogP contribution is -2.19. The van der Waals surface area contributed by atoms with Crippen LogP contribution in [0.2, 0.25) is 0 Å². The summed E-state index contributed by atoms with van der Waals surface area (Å²) >= 11 is 0. The number of ether oxygens (including phenoxy) is 2. The molecule has 0 atom stereocenters. The van der Waals surface area contributed by atoms with Gasteiger partial charge in [0.25, 0.3) is 0 Å². The lowest BCUT2D eigenvalue weighted by atomic mass is 10.1. The van der Waals surface area contributed by atoms with E-state index in [1.54, 1.807) is 34.9 Å². The van der Waals surface area contributed by atoms with E-state index in [-0.39, 0.29) is 5.75 Å². The molecule has 0 fully saturated rings. The zero-order valence-corrected chi connectivity index (χ0v) is 13.1. The second kappa shape index (κ2) is 6.46. The Hall–Kier alpha value is -3.03. The summed E-state index contributed by atoms with van der Waals surface area (Å²) in [7, 11) is 1.28. The summed E-state index contributed by atoms with van der Waals surface area (Å²) in [4.78, 5) is 15.8. The molecule has 0 radical (unpaired) electrons. The van der Waals surface area contributed by atoms with E-state index in [1.165, 1.54) is 25.4 Å². The van der Waals surface area contributed by atoms with Gasteiger partial charge in [0.05, 0.1) is 24.6 Å². The highest BCUT2D eigenvalue weighted by atomic mass is 19.4. The average Bonchev–Trinajstić information content (AvgIpc) is 3.01. The number of para-hydroxylation sites is 1. The van der Waals surface area contributed by atoms with Gasteiger partial charge in [0.1, 0.15) is 11.4 Å². The summed E-state index contributed by atoms with van der Waals surface area (Å²) < 4.78 is 48.5. The van der Waals surface area contributed by atoms with Gasteiger partial charge in [-0.05, 0) is 24.3 Å². The zero-order chi connectivity index (χ0) is 18.0. The van der Waals surface area contributed by atoms with Crippen LogP contribution in [0.1, 0.15) is 10.4 Å². The van der Waals surface area contributed by atoms with Crippen LogP contribution in [0.4, 0.5) is 13.2 Å². The van der Waals surface area contributed by atoms with Crippen molar-refractivity contribution in [3.63, 3.8) is 0 Å². The molecule has 2 aromatic heterocycles. The molecule has 5 nitrogen and oxygen atoms in total. The maximum absolute atomic E-state index is 12.4. The monoisotopic (exact) mass is 350 g/mol. The Balaban J connectivity index is 2.01. The predicted octanol–water partition coefficient (Wildman–Crippen LogP) is 3.73. The summed E-state index contributed by atoms with van der Waals surface area (Å²) in [5, 5.41) is 0. The number of pyridine rings is 1. The molecule has 0 spiro atoms. The SMILES string of the molecule is COC(=O)c1ccn2c(-c3ccccc3OCC(F)(F)F)cnc2c1. The van der Waals surface area contributed by atoms with E-state index >= 15 is 0 Å². The normalized spacial score (nSPS) is 11.5. The van der Waals surface area contributed by atoms with Crippen molar-refractivity contribution in [1.82, 2.24) is 9.38 Å². The Morgan fingerprint density at radius 3 is 2.72 bits per heavy atom. The van der Waals surface area contributed by atoms with Gasteiger partial charge >= 0.3 is 12.1 Å². The van der Waals surface area contributed by atoms with Crippen molar-refractivity contribution in [2.75, 3.05) is 13.7 Å². The molecule has 3 aromatic rings. The van der Waals surface area contributed by atoms with Gasteiger partial charge in [0.2, 0.25) is 0 Å². The number of carbonyl (C=O) groups excluding carboxylic acids is 1. The number of imidazole rings is 1. The molecule has 3 rings (SSSR count). The van der Waals surface area contributed by atoms with E-state index in [0.29, 0.717) is 22.5 Å². The van der Waals surface area contributed by atoms with E-state index in [2.05, 4.69) is 9.72 Å². The van der Waals surface area contributed by atoms with Crippen LogP contribution in [-0.4, -0.2) is 35.2 Å². The number of halogens is 3. The average molecular weight is 350 g/mol. The van der Waals surface area contributed by atoms with Crippen LogP contribution in [0, 0.1) is 0 Å². The molecule has 8 heteroatoms. The van der Waals surface area contributed by atoms with E-state index < -0.39 is 18.8 Å². The van der Waals surface area contributed by atoms with Gasteiger partial charge in [-0.15, -0.1) is 0 Å². The van der Waals surface area contributed by atoms with Crippen molar-refractivity contribution in [3.8, 4) is 17.0 Å². The molecule has 0 N–H and O–H groups in total. The van der Waals surface area contributed by atoms with Crippen LogP contribution in [-0.2, 0) is 4.74 Å². The molecule has 2 heterocycles. The number of methoxy groups -OCH3 is 1. The lowest BCUT2D eigenvalue weighted by Gasteiger charge is -2.13. The summed E-state index contributed by atoms with van der Waals surface area (Å²) in [6.07, 6.45) is -1.32. The third-order valence-electron chi connectivity index (χ3n) is 3.49. The first-order chi connectivity index (χ1) is 11.9. The van der Waals surface area contributed by atoms with Crippen molar-refractivity contribution in [1.29, 1.82) is 0 Å². The summed E-state index contributed by atoms with van der Waals surface area (Å²) in [5.41, 5.74) is 1.80. The minimum Gasteiger partial charge on any atom is -0.483 e. The standard InChI is InChI=1S/C17H13F3N2O3/c1-24-16(23)11-6-7-22-13(9-21-15(22)8-11)12-4-2-3-5-14(12)25-10-17(18,19)20/h2-9H,10H2,1H3. The fraction of sp³-hybridized carbons (Fsp3) is 0.176. The first-order valence-corrected chi connectivity index (χ1v) is 7.23. The number of hydrogen-bond donors (Lipinski definition) is 0. The summed E-state index contributed by atoms with van der Waals surface area (Å²) in [5.74, 6) is -0.403. The summed E-state index contributed by atoms with van der Waals surface area (Å²) in [6, 6.07) is 9.47. The van der Waals surface area contributed by atoms with E-state index in [4.69, 9.17) is 4.74 Å². The Kier molecular flexibility index (Phi) is 4.35. The van der Waals surface area contributed by atoms with E-state index in [9.17, 15) is 18.0 Å². The Labute approximate surface area is 140 Å². The van der Waals surface area contributed by atoms with Crippen LogP contribution in [0.25, 0.3) is 16.9 Å². The third-order valence-corrected chi connectivity index (χ3v) is 3.49. The minimum atomic E-state index is -4.43. The number of aromatic nitrogens is 2. The smallest absolute Gasteiger partial charge is 0.422 e. The number of esters is 1. The van der Waals surface area contributed by atoms with Crippen LogP contribution >= 0.6 is 0 Å². The quantitative estimate of drug-likeness (QED) is 0.673. The number of alkyl halides is 3. The first-order valence-electron chi connectivity index (χ1n) is 7.23. The minimum absolute atomic E-state index is 0.0960. The highest BCUT2D eigenvalue weighted by Crippen LogP contribution is 2.31. The Morgan fingerprint density at radius 2 is 2.00 bits per heavy atom. The van der Waals surface area contributed by atoms with Crippen LogP contribution in [0.3, 0.4) is 0 Å². The molecule has 0 saturated carbocycles. The predicted molar refractivity (Wildman–Crippen MR) is 83.5 cm³/mol. The molecule has 25 heavy (non-hydrogen) atoms. The molecule has 0 saturated heterocycles. The van der Waals surface area contributed by atoms with Crippen LogP contribution < -0.4 is 4.74 Å². The second-order valence-corrected chi connectivity index (χ2v) is 5.18. The molecular weight excluding hydrogens is 337 g/mol. The maximum atomic E-state index is 12.4. The Bertz CT molecular complexity index is 919. The fourth-order valence-electron chi connectivity index (χ4n) is 2.39. The third kappa shape index (κ3) is 3.57. The van der Waals surface area contributed by atoms with Crippen LogP contribution in [0.15, 0.2) is 48.8 Å². The van der Waals surface area contributed by atoms with Crippen molar-refractivity contribution in [3.05, 3.63) is 54.4 Å².